The fraction of sp³-hybridized carbons (Fsp3) is 0.417. The number of nitrogens with one attached hydrogen (secondary N) is 1. The summed E-state index contributed by atoms with van der Waals surface area (Å²) >= 11 is 12.2. The first-order valence-corrected chi connectivity index (χ1v) is 10.9. The summed E-state index contributed by atoms with van der Waals surface area (Å²) in [5.74, 6) is -0.269. The summed E-state index contributed by atoms with van der Waals surface area (Å²) in [6, 6.07) is 12.5. The molecular formula is C24H30Cl2N2O2. The Morgan fingerprint density at radius 2 is 1.73 bits per heavy atom. The molecule has 2 rings (SSSR count). The van der Waals surface area contributed by atoms with Gasteiger partial charge in [-0.1, -0.05) is 60.5 Å². The smallest absolute Gasteiger partial charge is 0.243 e. The van der Waals surface area contributed by atoms with Crippen molar-refractivity contribution in [2.24, 2.45) is 0 Å². The van der Waals surface area contributed by atoms with Gasteiger partial charge in [-0.15, -0.1) is 0 Å². The predicted octanol–water partition coefficient (Wildman–Crippen LogP) is 5.57. The zero-order chi connectivity index (χ0) is 22.5. The van der Waals surface area contributed by atoms with Crippen molar-refractivity contribution in [3.63, 3.8) is 0 Å². The standard InChI is InChI=1S/C24H30Cl2N2O2/c1-6-21(23(30)27-24(3,4)5)28(15-17-11-12-19(25)20(26)13-17)22(29)14-18-10-8-7-9-16(18)2/h7-13,21H,6,14-15H2,1-5H3,(H,27,30)/t21-/m0/s1. The highest BCUT2D eigenvalue weighted by Crippen LogP contribution is 2.24. The van der Waals surface area contributed by atoms with Crippen LogP contribution in [0.3, 0.4) is 0 Å². The molecule has 2 aromatic rings. The minimum Gasteiger partial charge on any atom is -0.350 e. The molecular weight excluding hydrogens is 419 g/mol. The second kappa shape index (κ2) is 10.3. The molecule has 1 N–H and O–H groups in total. The summed E-state index contributed by atoms with van der Waals surface area (Å²) < 4.78 is 0. The third-order valence-electron chi connectivity index (χ3n) is 4.82. The molecule has 0 spiro atoms. The SMILES string of the molecule is CC[C@@H](C(=O)NC(C)(C)C)N(Cc1ccc(Cl)c(Cl)c1)C(=O)Cc1ccccc1C. The Labute approximate surface area is 189 Å². The summed E-state index contributed by atoms with van der Waals surface area (Å²) in [5, 5.41) is 3.89. The van der Waals surface area contributed by atoms with Gasteiger partial charge in [-0.2, -0.15) is 0 Å². The maximum atomic E-state index is 13.4. The van der Waals surface area contributed by atoms with Gasteiger partial charge in [-0.05, 0) is 62.9 Å². The maximum absolute atomic E-state index is 13.4. The molecule has 2 amide bonds. The van der Waals surface area contributed by atoms with Crippen LogP contribution in [0.4, 0.5) is 0 Å². The lowest BCUT2D eigenvalue weighted by Gasteiger charge is -2.33. The number of carbonyl (C=O) groups is 2. The zero-order valence-electron chi connectivity index (χ0n) is 18.3. The van der Waals surface area contributed by atoms with E-state index in [9.17, 15) is 9.59 Å². The van der Waals surface area contributed by atoms with Crippen molar-refractivity contribution in [3.05, 3.63) is 69.2 Å². The second-order valence-corrected chi connectivity index (χ2v) is 9.35. The number of halogens is 2. The molecule has 0 aromatic heterocycles. The summed E-state index contributed by atoms with van der Waals surface area (Å²) in [7, 11) is 0. The average molecular weight is 449 g/mol. The molecule has 30 heavy (non-hydrogen) atoms. The first-order chi connectivity index (χ1) is 14.0. The minimum absolute atomic E-state index is 0.105. The molecule has 2 aromatic carbocycles. The number of amides is 2. The summed E-state index contributed by atoms with van der Waals surface area (Å²) in [6.07, 6.45) is 0.732. The van der Waals surface area contributed by atoms with Crippen LogP contribution >= 0.6 is 23.2 Å². The number of carbonyl (C=O) groups excluding carboxylic acids is 2. The summed E-state index contributed by atoms with van der Waals surface area (Å²) in [4.78, 5) is 28.0. The fourth-order valence-electron chi connectivity index (χ4n) is 3.28. The zero-order valence-corrected chi connectivity index (χ0v) is 19.8. The van der Waals surface area contributed by atoms with Crippen molar-refractivity contribution >= 4 is 35.0 Å². The average Bonchev–Trinajstić information content (AvgIpc) is 2.64. The van der Waals surface area contributed by atoms with Crippen molar-refractivity contribution < 1.29 is 9.59 Å². The third kappa shape index (κ3) is 6.75. The van der Waals surface area contributed by atoms with Crippen molar-refractivity contribution in [2.45, 2.75) is 65.6 Å². The van der Waals surface area contributed by atoms with Crippen LogP contribution in [0, 0.1) is 6.92 Å². The first kappa shape index (κ1) is 24.2. The lowest BCUT2D eigenvalue weighted by Crippen LogP contribution is -2.53. The molecule has 0 aliphatic heterocycles. The second-order valence-electron chi connectivity index (χ2n) is 8.54. The lowest BCUT2D eigenvalue weighted by molar-refractivity contribution is -0.141. The van der Waals surface area contributed by atoms with E-state index in [1.54, 1.807) is 17.0 Å². The van der Waals surface area contributed by atoms with Crippen molar-refractivity contribution in [1.82, 2.24) is 10.2 Å². The van der Waals surface area contributed by atoms with Crippen molar-refractivity contribution in [1.29, 1.82) is 0 Å². The van der Waals surface area contributed by atoms with E-state index in [0.29, 0.717) is 16.5 Å². The van der Waals surface area contributed by atoms with Crippen LogP contribution in [0.25, 0.3) is 0 Å². The third-order valence-corrected chi connectivity index (χ3v) is 5.56. The first-order valence-electron chi connectivity index (χ1n) is 10.1. The van der Waals surface area contributed by atoms with Crippen LogP contribution in [0.15, 0.2) is 42.5 Å². The highest BCUT2D eigenvalue weighted by molar-refractivity contribution is 6.42. The van der Waals surface area contributed by atoms with Gasteiger partial charge in [-0.3, -0.25) is 9.59 Å². The summed E-state index contributed by atoms with van der Waals surface area (Å²) in [6.45, 7) is 9.95. The van der Waals surface area contributed by atoms with Gasteiger partial charge in [-0.25, -0.2) is 0 Å². The van der Waals surface area contributed by atoms with Gasteiger partial charge in [0, 0.05) is 12.1 Å². The topological polar surface area (TPSA) is 49.4 Å². The van der Waals surface area contributed by atoms with Gasteiger partial charge in [0.05, 0.1) is 16.5 Å². The van der Waals surface area contributed by atoms with Crippen molar-refractivity contribution in [3.8, 4) is 0 Å². The van der Waals surface area contributed by atoms with Gasteiger partial charge >= 0.3 is 0 Å². The molecule has 1 atom stereocenters. The summed E-state index contributed by atoms with van der Waals surface area (Å²) in [5.41, 5.74) is 2.43. The van der Waals surface area contributed by atoms with Gasteiger partial charge in [0.1, 0.15) is 6.04 Å². The Kier molecular flexibility index (Phi) is 8.34. The molecule has 0 bridgehead atoms. The Morgan fingerprint density at radius 1 is 1.07 bits per heavy atom. The van der Waals surface area contributed by atoms with E-state index in [0.717, 1.165) is 16.7 Å². The number of nitrogens with zero attached hydrogens (tertiary/aromatic N) is 1. The molecule has 0 unspecified atom stereocenters. The molecule has 0 radical (unpaired) electrons. The largest absolute Gasteiger partial charge is 0.350 e. The van der Waals surface area contributed by atoms with Crippen LogP contribution in [-0.4, -0.2) is 28.3 Å². The van der Waals surface area contributed by atoms with E-state index in [4.69, 9.17) is 23.2 Å². The van der Waals surface area contributed by atoms with Gasteiger partial charge in [0.15, 0.2) is 0 Å². The number of hydrogen-bond donors (Lipinski definition) is 1. The maximum Gasteiger partial charge on any atom is 0.243 e. The predicted molar refractivity (Wildman–Crippen MR) is 124 cm³/mol. The highest BCUT2D eigenvalue weighted by atomic mass is 35.5. The van der Waals surface area contributed by atoms with Crippen LogP contribution < -0.4 is 5.32 Å². The Bertz CT molecular complexity index is 906. The van der Waals surface area contributed by atoms with Gasteiger partial charge in [0.2, 0.25) is 11.8 Å². The Hall–Kier alpha value is -2.04. The number of rotatable bonds is 7. The van der Waals surface area contributed by atoms with E-state index in [1.165, 1.54) is 0 Å². The molecule has 4 nitrogen and oxygen atoms in total. The molecule has 0 heterocycles. The molecule has 6 heteroatoms. The van der Waals surface area contributed by atoms with Crippen molar-refractivity contribution in [2.75, 3.05) is 0 Å². The molecule has 0 saturated heterocycles. The molecule has 0 fully saturated rings. The van der Waals surface area contributed by atoms with E-state index in [1.807, 2.05) is 65.0 Å². The molecule has 0 aliphatic carbocycles. The van der Waals surface area contributed by atoms with Crippen LogP contribution in [0.5, 0.6) is 0 Å². The van der Waals surface area contributed by atoms with Gasteiger partial charge < -0.3 is 10.2 Å². The number of aryl methyl sites for hydroxylation is 1. The molecule has 162 valence electrons. The Balaban J connectivity index is 2.36. The number of hydrogen-bond acceptors (Lipinski definition) is 2. The normalized spacial score (nSPS) is 12.4. The van der Waals surface area contributed by atoms with Gasteiger partial charge in [0.25, 0.3) is 0 Å². The molecule has 0 saturated carbocycles. The fourth-order valence-corrected chi connectivity index (χ4v) is 3.60. The van der Waals surface area contributed by atoms with Crippen LogP contribution in [-0.2, 0) is 22.6 Å². The van der Waals surface area contributed by atoms with Crippen LogP contribution in [0.2, 0.25) is 10.0 Å². The van der Waals surface area contributed by atoms with E-state index >= 15 is 0 Å². The monoisotopic (exact) mass is 448 g/mol. The van der Waals surface area contributed by atoms with Crippen LogP contribution in [0.1, 0.15) is 50.8 Å². The lowest BCUT2D eigenvalue weighted by atomic mass is 10.0. The minimum atomic E-state index is -0.588. The van der Waals surface area contributed by atoms with E-state index in [-0.39, 0.29) is 24.8 Å². The number of benzene rings is 2. The highest BCUT2D eigenvalue weighted by Gasteiger charge is 2.30. The quantitative estimate of drug-likeness (QED) is 0.601. The van der Waals surface area contributed by atoms with E-state index < -0.39 is 11.6 Å². The Morgan fingerprint density at radius 3 is 2.30 bits per heavy atom. The molecule has 0 aliphatic rings. The van der Waals surface area contributed by atoms with E-state index in [2.05, 4.69) is 5.32 Å².